The molecule has 1 aliphatic rings. The van der Waals surface area contributed by atoms with Crippen molar-refractivity contribution in [2.24, 2.45) is 0 Å². The van der Waals surface area contributed by atoms with Crippen LogP contribution in [0.4, 0.5) is 0 Å². The third-order valence-corrected chi connectivity index (χ3v) is 5.96. The second-order valence-electron chi connectivity index (χ2n) is 5.47. The number of rotatable bonds is 0. The van der Waals surface area contributed by atoms with Gasteiger partial charge >= 0.3 is 0 Å². The van der Waals surface area contributed by atoms with Crippen LogP contribution in [0.25, 0.3) is 0 Å². The molecule has 1 saturated heterocycles. The first-order valence-corrected chi connectivity index (χ1v) is 10.5. The average Bonchev–Trinajstić information content (AvgIpc) is 2.39. The van der Waals surface area contributed by atoms with Gasteiger partial charge in [0.05, 0.1) is 0 Å². The van der Waals surface area contributed by atoms with Gasteiger partial charge in [0.2, 0.25) is 0 Å². The van der Waals surface area contributed by atoms with Crippen molar-refractivity contribution < 1.29 is 0 Å². The molecule has 0 aromatic heterocycles. The second kappa shape index (κ2) is 14.1. The topological polar surface area (TPSA) is 0 Å². The van der Waals surface area contributed by atoms with Gasteiger partial charge in [-0.3, -0.25) is 0 Å². The molecule has 1 rings (SSSR count). The van der Waals surface area contributed by atoms with Crippen LogP contribution in [0.15, 0.2) is 0 Å². The molecule has 1 aliphatic heterocycles. The van der Waals surface area contributed by atoms with Crippen molar-refractivity contribution in [3.05, 3.63) is 0 Å². The molecule has 0 N–H and O–H groups in total. The highest BCUT2D eigenvalue weighted by atomic mass is 32.2. The summed E-state index contributed by atoms with van der Waals surface area (Å²) in [5, 5.41) is 0. The zero-order chi connectivity index (χ0) is 12.7. The Morgan fingerprint density at radius 1 is 0.278 bits per heavy atom. The average molecular weight is 289 g/mol. The fourth-order valence-corrected chi connectivity index (χ4v) is 4.48. The first kappa shape index (κ1) is 16.8. The lowest BCUT2D eigenvalue weighted by Crippen LogP contribution is -1.89. The molecule has 0 bridgehead atoms. The summed E-state index contributed by atoms with van der Waals surface area (Å²) >= 11 is 4.38. The number of thioether (sulfide) groups is 2. The summed E-state index contributed by atoms with van der Waals surface area (Å²) in [4.78, 5) is 0. The zero-order valence-corrected chi connectivity index (χ0v) is 13.8. The second-order valence-corrected chi connectivity index (χ2v) is 7.92. The van der Waals surface area contributed by atoms with Crippen LogP contribution in [0.2, 0.25) is 0 Å². The summed E-state index contributed by atoms with van der Waals surface area (Å²) in [7, 11) is 0. The normalized spacial score (nSPS) is 24.0. The van der Waals surface area contributed by atoms with E-state index in [0.29, 0.717) is 0 Å². The van der Waals surface area contributed by atoms with Crippen LogP contribution >= 0.6 is 23.5 Å². The standard InChI is InChI=1S/C16H32S2/c1-2-4-6-10-14-18-16-12-8-7-11-15-17-13-9-5-3-1/h1-16H2. The Morgan fingerprint density at radius 2 is 0.500 bits per heavy atom. The summed E-state index contributed by atoms with van der Waals surface area (Å²) in [5.41, 5.74) is 0. The third kappa shape index (κ3) is 11.8. The summed E-state index contributed by atoms with van der Waals surface area (Å²) in [6.07, 6.45) is 17.6. The fourth-order valence-electron chi connectivity index (χ4n) is 2.43. The Balaban J connectivity index is 2.00. The predicted octanol–water partition coefficient (Wildman–Crippen LogP) is 6.15. The predicted molar refractivity (Wildman–Crippen MR) is 90.1 cm³/mol. The molecule has 0 aliphatic carbocycles. The maximum absolute atomic E-state index is 2.19. The van der Waals surface area contributed by atoms with Gasteiger partial charge in [-0.25, -0.2) is 0 Å². The van der Waals surface area contributed by atoms with E-state index in [1.165, 1.54) is 100 Å². The molecule has 0 aromatic rings. The van der Waals surface area contributed by atoms with Gasteiger partial charge in [-0.05, 0) is 48.7 Å². The molecule has 1 fully saturated rings. The molecule has 0 atom stereocenters. The molecule has 1 heterocycles. The number of hydrogen-bond acceptors (Lipinski definition) is 2. The van der Waals surface area contributed by atoms with Crippen molar-refractivity contribution in [2.45, 2.75) is 77.0 Å². The fraction of sp³-hybridized carbons (Fsp3) is 1.00. The van der Waals surface area contributed by atoms with Crippen molar-refractivity contribution >= 4 is 23.5 Å². The van der Waals surface area contributed by atoms with E-state index in [2.05, 4.69) is 23.5 Å². The molecule has 108 valence electrons. The maximum Gasteiger partial charge on any atom is -0.00675 e. The van der Waals surface area contributed by atoms with Crippen LogP contribution in [0.3, 0.4) is 0 Å². The summed E-state index contributed by atoms with van der Waals surface area (Å²) < 4.78 is 0. The van der Waals surface area contributed by atoms with Crippen LogP contribution in [-0.2, 0) is 0 Å². The van der Waals surface area contributed by atoms with Gasteiger partial charge in [-0.1, -0.05) is 51.4 Å². The molecule has 0 aromatic carbocycles. The van der Waals surface area contributed by atoms with Crippen molar-refractivity contribution in [3.63, 3.8) is 0 Å². The van der Waals surface area contributed by atoms with Gasteiger partial charge in [0.15, 0.2) is 0 Å². The quantitative estimate of drug-likeness (QED) is 0.524. The van der Waals surface area contributed by atoms with Gasteiger partial charge in [-0.2, -0.15) is 23.5 Å². The van der Waals surface area contributed by atoms with Crippen molar-refractivity contribution in [3.8, 4) is 0 Å². The summed E-state index contributed by atoms with van der Waals surface area (Å²) in [6.45, 7) is 0. The summed E-state index contributed by atoms with van der Waals surface area (Å²) in [5.74, 6) is 5.64. The third-order valence-electron chi connectivity index (χ3n) is 3.65. The van der Waals surface area contributed by atoms with Crippen LogP contribution in [0.5, 0.6) is 0 Å². The lowest BCUT2D eigenvalue weighted by molar-refractivity contribution is 0.587. The Labute approximate surface area is 123 Å². The van der Waals surface area contributed by atoms with E-state index in [1.54, 1.807) is 0 Å². The van der Waals surface area contributed by atoms with E-state index in [9.17, 15) is 0 Å². The Bertz CT molecular complexity index is 84.1. The smallest absolute Gasteiger partial charge is 0.00675 e. The van der Waals surface area contributed by atoms with Gasteiger partial charge < -0.3 is 0 Å². The van der Waals surface area contributed by atoms with E-state index in [0.717, 1.165) is 0 Å². The van der Waals surface area contributed by atoms with E-state index in [1.807, 2.05) is 0 Å². The van der Waals surface area contributed by atoms with E-state index in [4.69, 9.17) is 0 Å². The molecular weight excluding hydrogens is 256 g/mol. The van der Waals surface area contributed by atoms with Crippen molar-refractivity contribution in [1.29, 1.82) is 0 Å². The lowest BCUT2D eigenvalue weighted by atomic mass is 10.1. The zero-order valence-electron chi connectivity index (χ0n) is 12.1. The van der Waals surface area contributed by atoms with E-state index >= 15 is 0 Å². The monoisotopic (exact) mass is 288 g/mol. The number of hydrogen-bond donors (Lipinski definition) is 0. The van der Waals surface area contributed by atoms with Crippen LogP contribution in [0, 0.1) is 0 Å². The van der Waals surface area contributed by atoms with Gasteiger partial charge in [0, 0.05) is 0 Å². The molecule has 0 spiro atoms. The van der Waals surface area contributed by atoms with Crippen molar-refractivity contribution in [1.82, 2.24) is 0 Å². The maximum atomic E-state index is 2.19. The molecule has 0 nitrogen and oxygen atoms in total. The summed E-state index contributed by atoms with van der Waals surface area (Å²) in [6, 6.07) is 0. The Hall–Kier alpha value is 0.700. The minimum Gasteiger partial charge on any atom is -0.162 e. The molecule has 2 heteroatoms. The minimum atomic E-state index is 1.41. The lowest BCUT2D eigenvalue weighted by Gasteiger charge is -2.05. The highest BCUT2D eigenvalue weighted by Crippen LogP contribution is 2.16. The van der Waals surface area contributed by atoms with Gasteiger partial charge in [0.1, 0.15) is 0 Å². The molecule has 0 unspecified atom stereocenters. The van der Waals surface area contributed by atoms with Gasteiger partial charge in [0.25, 0.3) is 0 Å². The van der Waals surface area contributed by atoms with Crippen LogP contribution < -0.4 is 0 Å². The van der Waals surface area contributed by atoms with Gasteiger partial charge in [-0.15, -0.1) is 0 Å². The van der Waals surface area contributed by atoms with Crippen molar-refractivity contribution in [2.75, 3.05) is 23.0 Å². The first-order valence-electron chi connectivity index (χ1n) is 8.15. The van der Waals surface area contributed by atoms with E-state index in [-0.39, 0.29) is 0 Å². The van der Waals surface area contributed by atoms with Crippen LogP contribution in [-0.4, -0.2) is 23.0 Å². The largest absolute Gasteiger partial charge is 0.162 e. The SMILES string of the molecule is C1CCCCCSCCCCCCSCCCC1. The minimum absolute atomic E-state index is 1.41. The van der Waals surface area contributed by atoms with Crippen LogP contribution in [0.1, 0.15) is 77.0 Å². The molecule has 18 heavy (non-hydrogen) atoms. The Kier molecular flexibility index (Phi) is 13.1. The molecular formula is C16H32S2. The highest BCUT2D eigenvalue weighted by Gasteiger charge is 1.96. The van der Waals surface area contributed by atoms with E-state index < -0.39 is 0 Å². The Morgan fingerprint density at radius 3 is 0.778 bits per heavy atom. The first-order chi connectivity index (χ1) is 9.00. The molecule has 0 radical (unpaired) electrons. The molecule has 0 saturated carbocycles. The highest BCUT2D eigenvalue weighted by molar-refractivity contribution is 7.99. The molecule has 0 amide bonds.